The number of halogens is 2. The van der Waals surface area contributed by atoms with Crippen LogP contribution in [0.5, 0.6) is 0 Å². The molecule has 0 aliphatic carbocycles. The van der Waals surface area contributed by atoms with E-state index >= 15 is 0 Å². The van der Waals surface area contributed by atoms with Gasteiger partial charge in [0, 0.05) is 37.2 Å². The zero-order valence-electron chi connectivity index (χ0n) is 10.8. The van der Waals surface area contributed by atoms with Gasteiger partial charge < -0.3 is 5.32 Å². The predicted molar refractivity (Wildman–Crippen MR) is 73.5 cm³/mol. The molecule has 1 saturated heterocycles. The van der Waals surface area contributed by atoms with E-state index < -0.39 is 0 Å². The van der Waals surface area contributed by atoms with Gasteiger partial charge >= 0.3 is 0 Å². The van der Waals surface area contributed by atoms with E-state index in [1.54, 1.807) is 12.1 Å². The van der Waals surface area contributed by atoms with Gasteiger partial charge in [0.15, 0.2) is 0 Å². The summed E-state index contributed by atoms with van der Waals surface area (Å²) < 4.78 is 13.4. The van der Waals surface area contributed by atoms with Gasteiger partial charge in [0.2, 0.25) is 0 Å². The van der Waals surface area contributed by atoms with Crippen molar-refractivity contribution in [3.05, 3.63) is 34.6 Å². The van der Waals surface area contributed by atoms with E-state index in [0.29, 0.717) is 5.02 Å². The largest absolute Gasteiger partial charge is 0.314 e. The van der Waals surface area contributed by atoms with E-state index in [1.165, 1.54) is 6.07 Å². The lowest BCUT2D eigenvalue weighted by molar-refractivity contribution is 0.164. The molecule has 1 heterocycles. The summed E-state index contributed by atoms with van der Waals surface area (Å²) in [6, 6.07) is 4.91. The van der Waals surface area contributed by atoms with Crippen LogP contribution in [-0.2, 0) is 0 Å². The molecule has 0 unspecified atom stereocenters. The Kier molecular flexibility index (Phi) is 4.98. The highest BCUT2D eigenvalue weighted by Crippen LogP contribution is 2.31. The lowest BCUT2D eigenvalue weighted by atomic mass is 9.99. The zero-order valence-corrected chi connectivity index (χ0v) is 11.5. The maximum Gasteiger partial charge on any atom is 0.123 e. The van der Waals surface area contributed by atoms with Gasteiger partial charge in [-0.15, -0.1) is 0 Å². The topological polar surface area (TPSA) is 15.3 Å². The van der Waals surface area contributed by atoms with Crippen molar-refractivity contribution in [2.45, 2.75) is 25.8 Å². The molecule has 1 aromatic rings. The van der Waals surface area contributed by atoms with Gasteiger partial charge in [-0.25, -0.2) is 4.39 Å². The number of piperazine rings is 1. The minimum absolute atomic E-state index is 0.203. The van der Waals surface area contributed by atoms with E-state index in [-0.39, 0.29) is 11.9 Å². The summed E-state index contributed by atoms with van der Waals surface area (Å²) in [6.07, 6.45) is 2.09. The Balaban J connectivity index is 2.24. The first-order chi connectivity index (χ1) is 8.72. The second-order valence-electron chi connectivity index (χ2n) is 4.76. The number of rotatable bonds is 4. The molecule has 1 aromatic carbocycles. The van der Waals surface area contributed by atoms with Crippen LogP contribution in [0.25, 0.3) is 0 Å². The third-order valence-electron chi connectivity index (χ3n) is 3.47. The lowest BCUT2D eigenvalue weighted by Gasteiger charge is -2.35. The molecule has 1 N–H and O–H groups in total. The summed E-state index contributed by atoms with van der Waals surface area (Å²) in [5.74, 6) is -0.203. The molecule has 4 heteroatoms. The second-order valence-corrected chi connectivity index (χ2v) is 5.16. The molecule has 100 valence electrons. The van der Waals surface area contributed by atoms with E-state index in [4.69, 9.17) is 11.6 Å². The molecule has 0 amide bonds. The molecule has 0 radical (unpaired) electrons. The Morgan fingerprint density at radius 2 is 2.11 bits per heavy atom. The molecular weight excluding hydrogens is 251 g/mol. The molecule has 2 nitrogen and oxygen atoms in total. The average Bonchev–Trinajstić information content (AvgIpc) is 2.40. The van der Waals surface area contributed by atoms with Crippen LogP contribution >= 0.6 is 11.6 Å². The summed E-state index contributed by atoms with van der Waals surface area (Å²) in [7, 11) is 0. The summed E-state index contributed by atoms with van der Waals surface area (Å²) in [6.45, 7) is 6.14. The Hall–Kier alpha value is -0.640. The molecule has 0 aromatic heterocycles. The fourth-order valence-corrected chi connectivity index (χ4v) is 2.82. The lowest BCUT2D eigenvalue weighted by Crippen LogP contribution is -2.45. The predicted octanol–water partition coefficient (Wildman–Crippen LogP) is 3.23. The molecule has 1 fully saturated rings. The van der Waals surface area contributed by atoms with E-state index in [0.717, 1.165) is 44.6 Å². The maximum absolute atomic E-state index is 13.4. The van der Waals surface area contributed by atoms with Crippen molar-refractivity contribution in [1.82, 2.24) is 10.2 Å². The third kappa shape index (κ3) is 3.22. The van der Waals surface area contributed by atoms with Crippen molar-refractivity contribution in [3.8, 4) is 0 Å². The van der Waals surface area contributed by atoms with Crippen LogP contribution in [0.2, 0.25) is 5.02 Å². The standard InChI is InChI=1S/C14H20ClFN2/c1-2-3-14(18-8-6-17-7-9-18)12-10-11(16)4-5-13(12)15/h4-5,10,14,17H,2-3,6-9H2,1H3/t14-/m0/s1. The van der Waals surface area contributed by atoms with Crippen LogP contribution in [0.15, 0.2) is 18.2 Å². The molecule has 2 rings (SSSR count). The Labute approximate surface area is 113 Å². The summed E-state index contributed by atoms with van der Waals surface area (Å²) >= 11 is 6.24. The van der Waals surface area contributed by atoms with Gasteiger partial charge in [0.05, 0.1) is 0 Å². The number of nitrogens with one attached hydrogen (secondary N) is 1. The smallest absolute Gasteiger partial charge is 0.123 e. The first kappa shape index (κ1) is 13.8. The van der Waals surface area contributed by atoms with Gasteiger partial charge in [-0.2, -0.15) is 0 Å². The van der Waals surface area contributed by atoms with Crippen molar-refractivity contribution < 1.29 is 4.39 Å². The fraction of sp³-hybridized carbons (Fsp3) is 0.571. The van der Waals surface area contributed by atoms with Crippen LogP contribution in [0.4, 0.5) is 4.39 Å². The molecular formula is C14H20ClFN2. The van der Waals surface area contributed by atoms with Gasteiger partial charge in [-0.1, -0.05) is 24.9 Å². The van der Waals surface area contributed by atoms with Crippen LogP contribution in [-0.4, -0.2) is 31.1 Å². The van der Waals surface area contributed by atoms with Crippen LogP contribution < -0.4 is 5.32 Å². The molecule has 1 atom stereocenters. The Morgan fingerprint density at radius 3 is 2.78 bits per heavy atom. The normalized spacial score (nSPS) is 18.8. The van der Waals surface area contributed by atoms with Gasteiger partial charge in [0.25, 0.3) is 0 Å². The maximum atomic E-state index is 13.4. The van der Waals surface area contributed by atoms with Crippen LogP contribution in [0.3, 0.4) is 0 Å². The minimum Gasteiger partial charge on any atom is -0.314 e. The van der Waals surface area contributed by atoms with Gasteiger partial charge in [0.1, 0.15) is 5.82 Å². The van der Waals surface area contributed by atoms with Gasteiger partial charge in [-0.05, 0) is 30.2 Å². The molecule has 0 spiro atoms. The average molecular weight is 271 g/mol. The third-order valence-corrected chi connectivity index (χ3v) is 3.82. The Bertz CT molecular complexity index is 391. The zero-order chi connectivity index (χ0) is 13.0. The molecule has 1 aliphatic heterocycles. The highest BCUT2D eigenvalue weighted by Gasteiger charge is 2.23. The number of nitrogens with zero attached hydrogens (tertiary/aromatic N) is 1. The van der Waals surface area contributed by atoms with Crippen molar-refractivity contribution in [3.63, 3.8) is 0 Å². The fourth-order valence-electron chi connectivity index (χ4n) is 2.57. The van der Waals surface area contributed by atoms with Crippen LogP contribution in [0.1, 0.15) is 31.4 Å². The van der Waals surface area contributed by atoms with Crippen molar-refractivity contribution in [1.29, 1.82) is 0 Å². The van der Waals surface area contributed by atoms with Crippen molar-refractivity contribution >= 4 is 11.6 Å². The van der Waals surface area contributed by atoms with Crippen LogP contribution in [0, 0.1) is 5.82 Å². The monoisotopic (exact) mass is 270 g/mol. The first-order valence-corrected chi connectivity index (χ1v) is 7.00. The second kappa shape index (κ2) is 6.50. The SMILES string of the molecule is CCC[C@@H](c1cc(F)ccc1Cl)N1CCNCC1. The number of hydrogen-bond donors (Lipinski definition) is 1. The quantitative estimate of drug-likeness (QED) is 0.904. The Morgan fingerprint density at radius 1 is 1.39 bits per heavy atom. The van der Waals surface area contributed by atoms with Gasteiger partial charge in [-0.3, -0.25) is 4.90 Å². The molecule has 18 heavy (non-hydrogen) atoms. The molecule has 1 aliphatic rings. The summed E-state index contributed by atoms with van der Waals surface area (Å²) in [4.78, 5) is 2.40. The molecule has 0 saturated carbocycles. The minimum atomic E-state index is -0.203. The highest BCUT2D eigenvalue weighted by atomic mass is 35.5. The highest BCUT2D eigenvalue weighted by molar-refractivity contribution is 6.31. The first-order valence-electron chi connectivity index (χ1n) is 6.62. The van der Waals surface area contributed by atoms with Crippen molar-refractivity contribution in [2.24, 2.45) is 0 Å². The number of hydrogen-bond acceptors (Lipinski definition) is 2. The molecule has 0 bridgehead atoms. The summed E-state index contributed by atoms with van der Waals surface area (Å²) in [5, 5.41) is 4.01. The number of benzene rings is 1. The van der Waals surface area contributed by atoms with Crippen molar-refractivity contribution in [2.75, 3.05) is 26.2 Å². The van der Waals surface area contributed by atoms with E-state index in [2.05, 4.69) is 17.1 Å². The van der Waals surface area contributed by atoms with E-state index in [1.807, 2.05) is 0 Å². The van der Waals surface area contributed by atoms with E-state index in [9.17, 15) is 4.39 Å². The summed E-state index contributed by atoms with van der Waals surface area (Å²) in [5.41, 5.74) is 0.931.